The number of carbonyl (C=O) groups excluding carboxylic acids is 1. The van der Waals surface area contributed by atoms with Crippen LogP contribution < -0.4 is 4.57 Å². The molecule has 2 aromatic rings. The van der Waals surface area contributed by atoms with Crippen molar-refractivity contribution in [1.82, 2.24) is 0 Å². The summed E-state index contributed by atoms with van der Waals surface area (Å²) in [6.07, 6.45) is 3.62. The van der Waals surface area contributed by atoms with E-state index in [0.29, 0.717) is 12.1 Å². The van der Waals surface area contributed by atoms with E-state index in [1.807, 2.05) is 31.5 Å². The van der Waals surface area contributed by atoms with Gasteiger partial charge >= 0.3 is 0 Å². The number of aromatic nitrogens is 1. The van der Waals surface area contributed by atoms with E-state index in [2.05, 4.69) is 25.8 Å². The quantitative estimate of drug-likeness (QED) is 0.140. The molecule has 0 radical (unpaired) electrons. The van der Waals surface area contributed by atoms with Gasteiger partial charge in [-0.25, -0.2) is 0 Å². The van der Waals surface area contributed by atoms with Crippen molar-refractivity contribution in [2.75, 3.05) is 6.54 Å². The Balaban J connectivity index is 2.52. The molecule has 0 aliphatic carbocycles. The van der Waals surface area contributed by atoms with Gasteiger partial charge in [-0.2, -0.15) is 4.57 Å². The zero-order valence-corrected chi connectivity index (χ0v) is 17.6. The highest BCUT2D eigenvalue weighted by molar-refractivity contribution is 7.77. The molecule has 28 heavy (non-hydrogen) atoms. The van der Waals surface area contributed by atoms with E-state index < -0.39 is 11.0 Å². The second-order valence-electron chi connectivity index (χ2n) is 7.62. The molecule has 7 heteroatoms. The number of hydrogen-bond donors (Lipinski definition) is 0. The van der Waals surface area contributed by atoms with Gasteiger partial charge in [0.15, 0.2) is 12.4 Å². The lowest BCUT2D eigenvalue weighted by atomic mass is 9.88. The van der Waals surface area contributed by atoms with Gasteiger partial charge in [0.2, 0.25) is 11.8 Å². The molecular formula is C21H25N3O3S. The number of aliphatic imine (C=N–C) groups is 1. The Labute approximate surface area is 170 Å². The Morgan fingerprint density at radius 3 is 2.36 bits per heavy atom. The molecule has 2 rings (SSSR count). The lowest BCUT2D eigenvalue weighted by Crippen LogP contribution is -2.48. The van der Waals surface area contributed by atoms with Crippen LogP contribution in [0.1, 0.15) is 55.2 Å². The van der Waals surface area contributed by atoms with Gasteiger partial charge in [0.25, 0.3) is 5.69 Å². The summed E-state index contributed by atoms with van der Waals surface area (Å²) in [4.78, 5) is 28.3. The van der Waals surface area contributed by atoms with Crippen molar-refractivity contribution in [2.24, 2.45) is 4.99 Å². The number of rotatable bonds is 6. The lowest BCUT2D eigenvalue weighted by molar-refractivity contribution is -0.692. The highest BCUT2D eigenvalue weighted by atomic mass is 32.1. The Morgan fingerprint density at radius 1 is 1.25 bits per heavy atom. The molecule has 148 valence electrons. The van der Waals surface area contributed by atoms with Gasteiger partial charge in [-0.05, 0) is 29.9 Å². The van der Waals surface area contributed by atoms with Crippen LogP contribution in [0.15, 0.2) is 47.7 Å². The third kappa shape index (κ3) is 4.78. The van der Waals surface area contributed by atoms with Gasteiger partial charge in [0, 0.05) is 35.9 Å². The topological polar surface area (TPSA) is 76.4 Å². The minimum absolute atomic E-state index is 0.0233. The number of pyridine rings is 1. The number of aryl methyl sites for hydroxylation is 1. The smallest absolute Gasteiger partial charge is 0.273 e. The third-order valence-corrected chi connectivity index (χ3v) is 4.86. The van der Waals surface area contributed by atoms with Crippen LogP contribution in [-0.4, -0.2) is 22.3 Å². The van der Waals surface area contributed by atoms with E-state index in [1.54, 1.807) is 23.6 Å². The molecule has 1 unspecified atom stereocenters. The Kier molecular flexibility index (Phi) is 6.61. The number of Topliss-reactive ketones (excluding diaryl/α,β-unsaturated/α-hetero) is 1. The van der Waals surface area contributed by atoms with E-state index in [4.69, 9.17) is 12.6 Å². The van der Waals surface area contributed by atoms with Crippen molar-refractivity contribution in [2.45, 2.75) is 46.1 Å². The summed E-state index contributed by atoms with van der Waals surface area (Å²) in [5.74, 6) is -0.321. The summed E-state index contributed by atoms with van der Waals surface area (Å²) in [6, 6.07) is 7.56. The summed E-state index contributed by atoms with van der Waals surface area (Å²) in [7, 11) is 0. The molecule has 1 heterocycles. The second-order valence-corrected chi connectivity index (χ2v) is 8.04. The van der Waals surface area contributed by atoms with E-state index >= 15 is 0 Å². The Bertz CT molecular complexity index is 915. The van der Waals surface area contributed by atoms with Crippen molar-refractivity contribution in [3.8, 4) is 0 Å². The monoisotopic (exact) mass is 399 g/mol. The molecule has 0 amide bonds. The molecule has 0 bridgehead atoms. The Hall–Kier alpha value is -2.67. The maximum Gasteiger partial charge on any atom is 0.273 e. The first kappa shape index (κ1) is 21.6. The minimum Gasteiger partial charge on any atom is -0.758 e. The first-order chi connectivity index (χ1) is 13.1. The molecule has 0 spiro atoms. The number of hydrogen-bond acceptors (Lipinski definition) is 5. The minimum atomic E-state index is -0.828. The first-order valence-electron chi connectivity index (χ1n) is 9.08. The number of benzene rings is 1. The van der Waals surface area contributed by atoms with Crippen LogP contribution in [0.5, 0.6) is 0 Å². The second kappa shape index (κ2) is 8.56. The molecule has 0 saturated carbocycles. The number of carbonyl (C=O) groups is 1. The largest absolute Gasteiger partial charge is 0.758 e. The standard InChI is InChI=1S/C21H25N3O3S/c1-6-22-20(28)18(23-11-9-16(10-12-23)21(3,4)5)19(25)15-8-7-14(2)17(13-15)24(26)27/h7-13,18H,6H2,1-5H3. The maximum absolute atomic E-state index is 13.2. The van der Waals surface area contributed by atoms with E-state index in [9.17, 15) is 14.9 Å². The van der Waals surface area contributed by atoms with Crippen molar-refractivity contribution >= 4 is 29.1 Å². The van der Waals surface area contributed by atoms with Crippen LogP contribution >= 0.6 is 0 Å². The molecule has 0 aliphatic rings. The van der Waals surface area contributed by atoms with E-state index in [-0.39, 0.29) is 27.5 Å². The van der Waals surface area contributed by atoms with E-state index in [0.717, 1.165) is 5.56 Å². The molecular weight excluding hydrogens is 374 g/mol. The number of nitrogens with zero attached hydrogens (tertiary/aromatic N) is 3. The molecule has 0 aliphatic heterocycles. The lowest BCUT2D eigenvalue weighted by Gasteiger charge is -2.21. The molecule has 0 fully saturated rings. The zero-order chi connectivity index (χ0) is 21.1. The van der Waals surface area contributed by atoms with Gasteiger partial charge < -0.3 is 17.6 Å². The van der Waals surface area contributed by atoms with Gasteiger partial charge in [0.1, 0.15) is 0 Å². The average molecular weight is 400 g/mol. The Morgan fingerprint density at radius 2 is 1.86 bits per heavy atom. The SMILES string of the molecule is CCN=C([S-])C(C(=O)c1ccc(C)c([N+](=O)[O-])c1)[n+]1ccc(C(C)(C)C)cc1. The number of nitro groups is 1. The highest BCUT2D eigenvalue weighted by Crippen LogP contribution is 2.23. The van der Waals surface area contributed by atoms with Crippen molar-refractivity contribution in [1.29, 1.82) is 0 Å². The molecule has 0 saturated heterocycles. The zero-order valence-electron chi connectivity index (χ0n) is 16.8. The molecule has 1 aromatic carbocycles. The molecule has 0 N–H and O–H groups in total. The fraction of sp³-hybridized carbons (Fsp3) is 0.381. The summed E-state index contributed by atoms with van der Waals surface area (Å²) >= 11 is 5.41. The van der Waals surface area contributed by atoms with Gasteiger partial charge in [-0.3, -0.25) is 14.9 Å². The maximum atomic E-state index is 13.2. The van der Waals surface area contributed by atoms with Crippen LogP contribution in [-0.2, 0) is 18.0 Å². The predicted molar refractivity (Wildman–Crippen MR) is 112 cm³/mol. The first-order valence-corrected chi connectivity index (χ1v) is 9.49. The molecule has 6 nitrogen and oxygen atoms in total. The van der Waals surface area contributed by atoms with Crippen molar-refractivity contribution in [3.05, 3.63) is 69.5 Å². The fourth-order valence-corrected chi connectivity index (χ4v) is 3.20. The summed E-state index contributed by atoms with van der Waals surface area (Å²) in [5.41, 5.74) is 1.75. The van der Waals surface area contributed by atoms with Crippen LogP contribution in [0.25, 0.3) is 0 Å². The van der Waals surface area contributed by atoms with Crippen molar-refractivity contribution < 1.29 is 14.3 Å². The van der Waals surface area contributed by atoms with Crippen LogP contribution in [0, 0.1) is 17.0 Å². The molecule has 1 aromatic heterocycles. The number of ketones is 1. The third-order valence-electron chi connectivity index (χ3n) is 4.50. The summed E-state index contributed by atoms with van der Waals surface area (Å²) in [5, 5.41) is 11.5. The predicted octanol–water partition coefficient (Wildman–Crippen LogP) is 3.88. The average Bonchev–Trinajstić information content (AvgIpc) is 2.62. The highest BCUT2D eigenvalue weighted by Gasteiger charge is 2.30. The van der Waals surface area contributed by atoms with Crippen LogP contribution in [0.4, 0.5) is 5.69 Å². The normalized spacial score (nSPS) is 13.2. The van der Waals surface area contributed by atoms with Gasteiger partial charge in [-0.1, -0.05) is 32.9 Å². The van der Waals surface area contributed by atoms with Gasteiger partial charge in [-0.15, -0.1) is 0 Å². The van der Waals surface area contributed by atoms with E-state index in [1.165, 1.54) is 6.07 Å². The van der Waals surface area contributed by atoms with Crippen LogP contribution in [0.3, 0.4) is 0 Å². The number of nitro benzene ring substituents is 1. The van der Waals surface area contributed by atoms with Crippen LogP contribution in [0.2, 0.25) is 0 Å². The fourth-order valence-electron chi connectivity index (χ4n) is 2.84. The summed E-state index contributed by atoms with van der Waals surface area (Å²) in [6.45, 7) is 10.3. The molecule has 1 atom stereocenters. The van der Waals surface area contributed by atoms with Crippen molar-refractivity contribution in [3.63, 3.8) is 0 Å². The summed E-state index contributed by atoms with van der Waals surface area (Å²) < 4.78 is 1.71. The van der Waals surface area contributed by atoms with Gasteiger partial charge in [0.05, 0.1) is 4.92 Å².